The van der Waals surface area contributed by atoms with E-state index in [0.717, 1.165) is 0 Å². The summed E-state index contributed by atoms with van der Waals surface area (Å²) in [6, 6.07) is 0. The Morgan fingerprint density at radius 2 is 1.15 bits per heavy atom. The van der Waals surface area contributed by atoms with Crippen LogP contribution in [0.15, 0.2) is 0 Å². The van der Waals surface area contributed by atoms with Crippen molar-refractivity contribution < 1.29 is 36.8 Å². The Balaban J connectivity index is -0.000000143. The molecule has 0 spiro atoms. The van der Waals surface area contributed by atoms with Crippen molar-refractivity contribution in [3.8, 4) is 0 Å². The van der Waals surface area contributed by atoms with Gasteiger partial charge in [0.05, 0.1) is 0 Å². The van der Waals surface area contributed by atoms with Gasteiger partial charge in [0.1, 0.15) is 0 Å². The van der Waals surface area contributed by atoms with Gasteiger partial charge in [-0.3, -0.25) is 0 Å². The van der Waals surface area contributed by atoms with Gasteiger partial charge in [-0.05, 0) is 27.7 Å². The number of hydrogen-bond donors (Lipinski definition) is 2. The zero-order chi connectivity index (χ0) is 9.98. The van der Waals surface area contributed by atoms with Crippen LogP contribution in [0.4, 0.5) is 0 Å². The molecule has 0 amide bonds. The van der Waals surface area contributed by atoms with Crippen molar-refractivity contribution in [2.24, 2.45) is 0 Å². The molecule has 2 atom stereocenters. The van der Waals surface area contributed by atoms with E-state index in [1.807, 2.05) is 13.8 Å². The number of aliphatic hydroxyl groups is 2. The van der Waals surface area contributed by atoms with Gasteiger partial charge in [0.15, 0.2) is 12.6 Å². The smallest absolute Gasteiger partial charge is 0.151 e. The van der Waals surface area contributed by atoms with Crippen molar-refractivity contribution in [3.05, 3.63) is 0 Å². The maximum atomic E-state index is 8.33. The predicted octanol–water partition coefficient (Wildman–Crippen LogP) is 0.720. The van der Waals surface area contributed by atoms with Crippen molar-refractivity contribution in [1.82, 2.24) is 0 Å². The van der Waals surface area contributed by atoms with Crippen LogP contribution in [0.5, 0.6) is 0 Å². The molecule has 0 rings (SSSR count). The van der Waals surface area contributed by atoms with Gasteiger partial charge in [-0.25, -0.2) is 0 Å². The average Bonchev–Trinajstić information content (AvgIpc) is 1.87. The summed E-state index contributed by atoms with van der Waals surface area (Å²) in [6.45, 7) is 8.02. The molecule has 13 heavy (non-hydrogen) atoms. The molecule has 0 aromatic rings. The minimum atomic E-state index is -0.602. The van der Waals surface area contributed by atoms with E-state index in [4.69, 9.17) is 10.2 Å². The summed E-state index contributed by atoms with van der Waals surface area (Å²) in [4.78, 5) is 0. The molecule has 0 bridgehead atoms. The van der Waals surface area contributed by atoms with E-state index < -0.39 is 12.6 Å². The number of rotatable bonds is 4. The van der Waals surface area contributed by atoms with Gasteiger partial charge in [-0.15, -0.1) is 0 Å². The number of ether oxygens (including phenoxy) is 2. The molecule has 83 valence electrons. The Hall–Kier alpha value is 0.359. The second-order valence-electron chi connectivity index (χ2n) is 2.11. The van der Waals surface area contributed by atoms with Crippen molar-refractivity contribution in [1.29, 1.82) is 0 Å². The predicted molar refractivity (Wildman–Crippen MR) is 46.6 cm³/mol. The Kier molecular flexibility index (Phi) is 21.7. The second kappa shape index (κ2) is 14.9. The molecule has 0 aliphatic carbocycles. The molecule has 0 heterocycles. The Morgan fingerprint density at radius 1 is 0.923 bits per heavy atom. The molecule has 1 radical (unpaired) electrons. The fourth-order valence-electron chi connectivity index (χ4n) is 0.482. The maximum Gasteiger partial charge on any atom is 0.151 e. The normalized spacial score (nSPS) is 13.4. The number of aliphatic hydroxyl groups excluding tert-OH is 2. The van der Waals surface area contributed by atoms with E-state index in [0.29, 0.717) is 13.2 Å². The molecule has 0 saturated carbocycles. The largest absolute Gasteiger partial charge is 0.368 e. The van der Waals surface area contributed by atoms with Crippen LogP contribution in [0.2, 0.25) is 0 Å². The van der Waals surface area contributed by atoms with E-state index in [1.54, 1.807) is 13.8 Å². The van der Waals surface area contributed by atoms with Gasteiger partial charge in [0.25, 0.3) is 0 Å². The SMILES string of the molecule is CCOC(C)O.CCOC(C)O.[Mn]. The molecule has 0 saturated heterocycles. The van der Waals surface area contributed by atoms with Gasteiger partial charge >= 0.3 is 0 Å². The van der Waals surface area contributed by atoms with Crippen LogP contribution < -0.4 is 0 Å². The minimum absolute atomic E-state index is 0. The average molecular weight is 235 g/mol. The third kappa shape index (κ3) is 32.8. The monoisotopic (exact) mass is 235 g/mol. The molecule has 0 aromatic heterocycles. The fourth-order valence-corrected chi connectivity index (χ4v) is 0.482. The van der Waals surface area contributed by atoms with Gasteiger partial charge in [-0.1, -0.05) is 0 Å². The number of hydrogen-bond acceptors (Lipinski definition) is 4. The van der Waals surface area contributed by atoms with E-state index in [9.17, 15) is 0 Å². The van der Waals surface area contributed by atoms with Crippen LogP contribution in [0.25, 0.3) is 0 Å². The molecule has 0 aromatic carbocycles. The molecule has 0 fully saturated rings. The van der Waals surface area contributed by atoms with Crippen LogP contribution in [0.1, 0.15) is 27.7 Å². The van der Waals surface area contributed by atoms with Crippen LogP contribution in [0.3, 0.4) is 0 Å². The first kappa shape index (κ1) is 19.0. The van der Waals surface area contributed by atoms with Crippen molar-refractivity contribution in [2.45, 2.75) is 40.3 Å². The first-order valence-corrected chi connectivity index (χ1v) is 4.13. The Labute approximate surface area is 90.7 Å². The summed E-state index contributed by atoms with van der Waals surface area (Å²) in [5.41, 5.74) is 0. The molecule has 0 aliphatic rings. The van der Waals surface area contributed by atoms with Crippen LogP contribution in [-0.4, -0.2) is 36.0 Å². The van der Waals surface area contributed by atoms with Gasteiger partial charge in [0, 0.05) is 30.3 Å². The second-order valence-corrected chi connectivity index (χ2v) is 2.11. The van der Waals surface area contributed by atoms with Crippen LogP contribution in [-0.2, 0) is 26.5 Å². The summed E-state index contributed by atoms with van der Waals surface area (Å²) < 4.78 is 9.19. The summed E-state index contributed by atoms with van der Waals surface area (Å²) in [7, 11) is 0. The third-order valence-corrected chi connectivity index (χ3v) is 0.816. The summed E-state index contributed by atoms with van der Waals surface area (Å²) in [6.07, 6.45) is -1.20. The Morgan fingerprint density at radius 3 is 1.15 bits per heavy atom. The van der Waals surface area contributed by atoms with Crippen molar-refractivity contribution >= 4 is 0 Å². The molecule has 2 N–H and O–H groups in total. The third-order valence-electron chi connectivity index (χ3n) is 0.816. The van der Waals surface area contributed by atoms with E-state index in [2.05, 4.69) is 9.47 Å². The van der Waals surface area contributed by atoms with Crippen LogP contribution >= 0.6 is 0 Å². The molecule has 2 unspecified atom stereocenters. The Bertz CT molecular complexity index is 68.5. The minimum Gasteiger partial charge on any atom is -0.368 e. The first-order valence-electron chi connectivity index (χ1n) is 4.13. The van der Waals surface area contributed by atoms with E-state index in [1.165, 1.54) is 0 Å². The molecular weight excluding hydrogens is 215 g/mol. The maximum absolute atomic E-state index is 8.33. The fraction of sp³-hybridized carbons (Fsp3) is 1.00. The topological polar surface area (TPSA) is 58.9 Å². The van der Waals surface area contributed by atoms with Crippen LogP contribution in [0, 0.1) is 0 Å². The van der Waals surface area contributed by atoms with Gasteiger partial charge in [0.2, 0.25) is 0 Å². The van der Waals surface area contributed by atoms with E-state index in [-0.39, 0.29) is 17.1 Å². The quantitative estimate of drug-likeness (QED) is 0.557. The van der Waals surface area contributed by atoms with Gasteiger partial charge in [-0.2, -0.15) is 0 Å². The molecule has 0 aliphatic heterocycles. The zero-order valence-corrected chi connectivity index (χ0v) is 9.84. The molecular formula is C8H20MnO4. The van der Waals surface area contributed by atoms with Gasteiger partial charge < -0.3 is 19.7 Å². The summed E-state index contributed by atoms with van der Waals surface area (Å²) >= 11 is 0. The molecule has 4 nitrogen and oxygen atoms in total. The van der Waals surface area contributed by atoms with Crippen molar-refractivity contribution in [3.63, 3.8) is 0 Å². The standard InChI is InChI=1S/2C4H10O2.Mn/c2*1-3-6-4(2)5;/h2*4-5H,3H2,1-2H3;. The molecule has 5 heteroatoms. The summed E-state index contributed by atoms with van der Waals surface area (Å²) in [5.74, 6) is 0. The first-order chi connectivity index (χ1) is 5.54. The van der Waals surface area contributed by atoms with E-state index >= 15 is 0 Å². The van der Waals surface area contributed by atoms with Crippen molar-refractivity contribution in [2.75, 3.05) is 13.2 Å². The zero-order valence-electron chi connectivity index (χ0n) is 8.66. The summed E-state index contributed by atoms with van der Waals surface area (Å²) in [5, 5.41) is 16.7.